The van der Waals surface area contributed by atoms with Gasteiger partial charge in [0, 0.05) is 19.7 Å². The lowest BCUT2D eigenvalue weighted by molar-refractivity contribution is -0.258. The molecule has 1 aliphatic heterocycles. The van der Waals surface area contributed by atoms with Crippen molar-refractivity contribution in [2.45, 2.75) is 52.0 Å². The monoisotopic (exact) mass is 280 g/mol. The van der Waals surface area contributed by atoms with Crippen molar-refractivity contribution >= 4 is 13.6 Å². The molecule has 0 radical (unpaired) electrons. The highest BCUT2D eigenvalue weighted by atomic mass is 31.1. The Labute approximate surface area is 110 Å². The van der Waals surface area contributed by atoms with Gasteiger partial charge in [-0.25, -0.2) is 0 Å². The van der Waals surface area contributed by atoms with Crippen molar-refractivity contribution in [3.8, 4) is 0 Å². The number of hydrogen-bond acceptors (Lipinski definition) is 5. The van der Waals surface area contributed by atoms with Crippen LogP contribution in [0.25, 0.3) is 0 Å². The zero-order chi connectivity index (χ0) is 13.8. The molecule has 1 unspecified atom stereocenters. The van der Waals surface area contributed by atoms with Crippen LogP contribution in [0.1, 0.15) is 34.1 Å². The summed E-state index contributed by atoms with van der Waals surface area (Å²) in [4.78, 5) is 0. The number of ether oxygens (including phenoxy) is 3. The average molecular weight is 280 g/mol. The minimum Gasteiger partial charge on any atom is -0.366 e. The van der Waals surface area contributed by atoms with Gasteiger partial charge in [-0.15, -0.1) is 0 Å². The van der Waals surface area contributed by atoms with Crippen LogP contribution >= 0.6 is 7.77 Å². The van der Waals surface area contributed by atoms with E-state index in [9.17, 15) is 5.11 Å². The number of rotatable bonds is 7. The van der Waals surface area contributed by atoms with Gasteiger partial charge in [0.15, 0.2) is 17.9 Å². The molecule has 0 bridgehead atoms. The maximum absolute atomic E-state index is 9.43. The molecule has 108 valence electrons. The predicted molar refractivity (Wildman–Crippen MR) is 73.2 cm³/mol. The molecule has 0 aliphatic carbocycles. The van der Waals surface area contributed by atoms with Gasteiger partial charge in [0.05, 0.1) is 6.61 Å². The fraction of sp³-hybridized carbons (Fsp3) is 0.917. The first kappa shape index (κ1) is 16.2. The van der Waals surface area contributed by atoms with E-state index in [1.165, 1.54) is 0 Å². The topological polar surface area (TPSA) is 57.2 Å². The molecule has 5 nitrogen and oxygen atoms in total. The first-order chi connectivity index (χ1) is 8.22. The molecular weight excluding hydrogens is 255 g/mol. The Bertz CT molecular complexity index is 295. The van der Waals surface area contributed by atoms with Gasteiger partial charge < -0.3 is 23.8 Å². The lowest BCUT2D eigenvalue weighted by Crippen LogP contribution is -2.32. The summed E-state index contributed by atoms with van der Waals surface area (Å²) in [6.07, 6.45) is 1.36. The Balaban J connectivity index is 2.25. The van der Waals surface area contributed by atoms with Crippen LogP contribution in [0.4, 0.5) is 0 Å². The third kappa shape index (κ3) is 6.32. The summed E-state index contributed by atoms with van der Waals surface area (Å²) < 4.78 is 21.9. The minimum atomic E-state index is -1.07. The predicted octanol–water partition coefficient (Wildman–Crippen LogP) is 1.81. The van der Waals surface area contributed by atoms with E-state index in [2.05, 4.69) is 5.80 Å². The molecule has 0 spiro atoms. The summed E-state index contributed by atoms with van der Waals surface area (Å²) >= 11 is 0. The largest absolute Gasteiger partial charge is 0.366 e. The highest BCUT2D eigenvalue weighted by Gasteiger charge is 2.26. The standard InChI is InChI=1S/C12H25O5P/c1-11(2,13)15-7-9-18-8-6-10(17-18)16-12(3,4)14-5/h8,10,13,18H,6-7,9H2,1-5H3/t10-/m0/s1. The molecule has 0 saturated heterocycles. The summed E-state index contributed by atoms with van der Waals surface area (Å²) in [7, 11) is 0.609. The molecule has 0 aromatic carbocycles. The maximum atomic E-state index is 9.43. The molecular formula is C12H25O5P. The lowest BCUT2D eigenvalue weighted by Gasteiger charge is -2.27. The number of methoxy groups -OCH3 is 1. The van der Waals surface area contributed by atoms with Crippen molar-refractivity contribution in [2.24, 2.45) is 0 Å². The minimum absolute atomic E-state index is 0.226. The third-order valence-corrected chi connectivity index (χ3v) is 4.48. The van der Waals surface area contributed by atoms with Crippen LogP contribution in [0.5, 0.6) is 0 Å². The van der Waals surface area contributed by atoms with Crippen molar-refractivity contribution in [3.05, 3.63) is 0 Å². The molecule has 1 N–H and O–H groups in total. The summed E-state index contributed by atoms with van der Waals surface area (Å²) in [6, 6.07) is 0. The molecule has 0 aromatic rings. The molecule has 0 aromatic heterocycles. The van der Waals surface area contributed by atoms with E-state index in [-0.39, 0.29) is 6.29 Å². The Morgan fingerprint density at radius 2 is 2.06 bits per heavy atom. The number of aliphatic hydroxyl groups is 1. The Morgan fingerprint density at radius 1 is 1.39 bits per heavy atom. The zero-order valence-corrected chi connectivity index (χ0v) is 12.9. The highest BCUT2D eigenvalue weighted by molar-refractivity contribution is 7.52. The van der Waals surface area contributed by atoms with E-state index in [0.717, 1.165) is 12.6 Å². The van der Waals surface area contributed by atoms with E-state index in [0.29, 0.717) is 6.61 Å². The van der Waals surface area contributed by atoms with Gasteiger partial charge in [-0.1, -0.05) is 5.80 Å². The summed E-state index contributed by atoms with van der Waals surface area (Å²) in [6.45, 7) is 7.46. The van der Waals surface area contributed by atoms with Crippen LogP contribution in [0, 0.1) is 0 Å². The normalized spacial score (nSPS) is 25.2. The molecule has 0 amide bonds. The van der Waals surface area contributed by atoms with Crippen molar-refractivity contribution in [1.82, 2.24) is 0 Å². The van der Waals surface area contributed by atoms with Gasteiger partial charge in [0.1, 0.15) is 0 Å². The van der Waals surface area contributed by atoms with Crippen molar-refractivity contribution < 1.29 is 23.8 Å². The molecule has 0 saturated carbocycles. The lowest BCUT2D eigenvalue weighted by atomic mass is 10.3. The summed E-state index contributed by atoms with van der Waals surface area (Å²) in [5.74, 6) is 0.462. The van der Waals surface area contributed by atoms with Gasteiger partial charge in [-0.3, -0.25) is 0 Å². The van der Waals surface area contributed by atoms with Crippen LogP contribution in [-0.4, -0.2) is 48.6 Å². The van der Waals surface area contributed by atoms with Crippen molar-refractivity contribution in [2.75, 3.05) is 19.9 Å². The van der Waals surface area contributed by atoms with Crippen LogP contribution in [0.15, 0.2) is 0 Å². The SMILES string of the molecule is COC(C)(C)O[C@@H]1CC=[PH](CCOC(C)(C)O)O1. The van der Waals surface area contributed by atoms with Gasteiger partial charge in [-0.05, 0) is 35.5 Å². The quantitative estimate of drug-likeness (QED) is 0.569. The van der Waals surface area contributed by atoms with Gasteiger partial charge in [0.25, 0.3) is 0 Å². The van der Waals surface area contributed by atoms with Gasteiger partial charge >= 0.3 is 0 Å². The van der Waals surface area contributed by atoms with Crippen molar-refractivity contribution in [1.29, 1.82) is 0 Å². The van der Waals surface area contributed by atoms with Gasteiger partial charge in [-0.2, -0.15) is 0 Å². The molecule has 18 heavy (non-hydrogen) atoms. The molecule has 1 aliphatic rings. The Hall–Kier alpha value is 0.1000. The first-order valence-corrected chi connectivity index (χ1v) is 7.86. The number of hydrogen-bond donors (Lipinski definition) is 1. The van der Waals surface area contributed by atoms with Crippen LogP contribution < -0.4 is 0 Å². The average Bonchev–Trinajstić information content (AvgIpc) is 2.63. The van der Waals surface area contributed by atoms with Crippen LogP contribution in [-0.2, 0) is 18.7 Å². The van der Waals surface area contributed by atoms with E-state index < -0.39 is 19.3 Å². The second kappa shape index (κ2) is 6.51. The second-order valence-electron chi connectivity index (χ2n) is 5.22. The van der Waals surface area contributed by atoms with Crippen LogP contribution in [0.3, 0.4) is 0 Å². The van der Waals surface area contributed by atoms with Crippen LogP contribution in [0.2, 0.25) is 0 Å². The Kier molecular flexibility index (Phi) is 5.84. The molecule has 1 heterocycles. The maximum Gasteiger partial charge on any atom is 0.167 e. The molecule has 2 atom stereocenters. The van der Waals surface area contributed by atoms with E-state index in [4.69, 9.17) is 18.7 Å². The fourth-order valence-corrected chi connectivity index (χ4v) is 3.15. The molecule has 1 rings (SSSR count). The third-order valence-electron chi connectivity index (χ3n) is 2.53. The summed E-state index contributed by atoms with van der Waals surface area (Å²) in [5, 5.41) is 9.43. The highest BCUT2D eigenvalue weighted by Crippen LogP contribution is 2.35. The zero-order valence-electron chi connectivity index (χ0n) is 11.9. The van der Waals surface area contributed by atoms with Crippen molar-refractivity contribution in [3.63, 3.8) is 0 Å². The first-order valence-electron chi connectivity index (χ1n) is 6.17. The summed E-state index contributed by atoms with van der Waals surface area (Å²) in [5.41, 5.74) is 0. The van der Waals surface area contributed by atoms with Gasteiger partial charge in [0.2, 0.25) is 0 Å². The second-order valence-corrected chi connectivity index (χ2v) is 7.30. The van der Waals surface area contributed by atoms with E-state index >= 15 is 0 Å². The fourth-order valence-electron chi connectivity index (χ4n) is 1.49. The molecule has 6 heteroatoms. The molecule has 0 fully saturated rings. The smallest absolute Gasteiger partial charge is 0.167 e. The van der Waals surface area contributed by atoms with E-state index in [1.54, 1.807) is 21.0 Å². The Morgan fingerprint density at radius 3 is 2.61 bits per heavy atom. The van der Waals surface area contributed by atoms with E-state index in [1.807, 2.05) is 13.8 Å².